The molecule has 5 nitrogen and oxygen atoms in total. The number of fused-ring (bicyclic) bond motifs is 1. The number of pyridine rings is 1. The number of nitrogen functional groups attached to an aromatic ring is 1. The van der Waals surface area contributed by atoms with Crippen molar-refractivity contribution in [2.75, 3.05) is 17.6 Å². The number of nitrogens with two attached hydrogens (primary N) is 1. The van der Waals surface area contributed by atoms with Crippen molar-refractivity contribution in [3.05, 3.63) is 59.6 Å². The first-order chi connectivity index (χ1) is 14.7. The van der Waals surface area contributed by atoms with Crippen LogP contribution in [0.4, 0.5) is 24.5 Å². The number of rotatable bonds is 4. The first-order valence-electron chi connectivity index (χ1n) is 9.68. The molecule has 2 aromatic carbocycles. The number of alkyl halides is 3. The summed E-state index contributed by atoms with van der Waals surface area (Å²) in [7, 11) is 0. The van der Waals surface area contributed by atoms with Gasteiger partial charge in [0, 0.05) is 22.7 Å². The smallest absolute Gasteiger partial charge is 0.397 e. The Hall–Kier alpha value is -3.55. The molecule has 0 bridgehead atoms. The molecule has 0 aliphatic rings. The lowest BCUT2D eigenvalue weighted by Crippen LogP contribution is -2.22. The molecule has 31 heavy (non-hydrogen) atoms. The molecule has 160 valence electrons. The number of aromatic nitrogens is 2. The third-order valence-electron chi connectivity index (χ3n) is 5.22. The SMILES string of the molecule is Cc1ccc2ncccc2c1-c1cc(-c2c(C)noc2C)cc(N)c1NCC(F)(F)F. The van der Waals surface area contributed by atoms with Crippen molar-refractivity contribution in [2.24, 2.45) is 0 Å². The van der Waals surface area contributed by atoms with Crippen LogP contribution < -0.4 is 11.1 Å². The van der Waals surface area contributed by atoms with Crippen LogP contribution in [0.25, 0.3) is 33.2 Å². The van der Waals surface area contributed by atoms with E-state index in [1.165, 1.54) is 0 Å². The molecule has 0 saturated heterocycles. The van der Waals surface area contributed by atoms with Crippen LogP contribution in [0.5, 0.6) is 0 Å². The Kier molecular flexibility index (Phi) is 5.08. The maximum absolute atomic E-state index is 13.0. The quantitative estimate of drug-likeness (QED) is 0.389. The first kappa shape index (κ1) is 20.7. The molecule has 0 radical (unpaired) electrons. The van der Waals surface area contributed by atoms with E-state index >= 15 is 0 Å². The monoisotopic (exact) mass is 426 g/mol. The molecule has 0 unspecified atom stereocenters. The molecular formula is C23H21F3N4O. The van der Waals surface area contributed by atoms with Crippen molar-refractivity contribution in [1.29, 1.82) is 0 Å². The molecule has 0 atom stereocenters. The van der Waals surface area contributed by atoms with Gasteiger partial charge in [0.15, 0.2) is 0 Å². The second-order valence-electron chi connectivity index (χ2n) is 7.48. The molecule has 3 N–H and O–H groups in total. The molecule has 0 fully saturated rings. The van der Waals surface area contributed by atoms with Gasteiger partial charge in [-0.25, -0.2) is 0 Å². The van der Waals surface area contributed by atoms with E-state index in [0.717, 1.165) is 33.2 Å². The standard InChI is InChI=1S/C23H21F3N4O/c1-12-6-7-19-16(5-4-8-28-19)20(12)17-9-15(21-13(2)30-31-14(21)3)10-18(27)22(17)29-11-23(24,25)26/h4-10,29H,11,27H2,1-3H3. The highest BCUT2D eigenvalue weighted by Crippen LogP contribution is 2.43. The van der Waals surface area contributed by atoms with Gasteiger partial charge in [-0.15, -0.1) is 0 Å². The van der Waals surface area contributed by atoms with Crippen LogP contribution in [-0.2, 0) is 0 Å². The van der Waals surface area contributed by atoms with Gasteiger partial charge in [-0.1, -0.05) is 17.3 Å². The van der Waals surface area contributed by atoms with Crippen molar-refractivity contribution >= 4 is 22.3 Å². The maximum Gasteiger partial charge on any atom is 0.405 e. The fourth-order valence-electron chi connectivity index (χ4n) is 3.91. The number of hydrogen-bond acceptors (Lipinski definition) is 5. The van der Waals surface area contributed by atoms with E-state index in [-0.39, 0.29) is 11.4 Å². The van der Waals surface area contributed by atoms with Crippen molar-refractivity contribution < 1.29 is 17.7 Å². The third-order valence-corrected chi connectivity index (χ3v) is 5.22. The summed E-state index contributed by atoms with van der Waals surface area (Å²) >= 11 is 0. The molecule has 0 saturated carbocycles. The number of hydrogen-bond donors (Lipinski definition) is 2. The predicted octanol–water partition coefficient (Wildman–Crippen LogP) is 6.04. The van der Waals surface area contributed by atoms with Crippen LogP contribution in [0, 0.1) is 20.8 Å². The van der Waals surface area contributed by atoms with Gasteiger partial charge in [-0.05, 0) is 61.7 Å². The minimum atomic E-state index is -4.39. The zero-order valence-corrected chi connectivity index (χ0v) is 17.3. The highest BCUT2D eigenvalue weighted by atomic mass is 19.4. The van der Waals surface area contributed by atoms with Crippen LogP contribution >= 0.6 is 0 Å². The van der Waals surface area contributed by atoms with Crippen molar-refractivity contribution in [3.8, 4) is 22.3 Å². The molecule has 0 spiro atoms. The Morgan fingerprint density at radius 2 is 1.84 bits per heavy atom. The van der Waals surface area contributed by atoms with Gasteiger partial charge in [-0.2, -0.15) is 13.2 Å². The number of halogens is 3. The normalized spacial score (nSPS) is 11.8. The fraction of sp³-hybridized carbons (Fsp3) is 0.217. The van der Waals surface area contributed by atoms with Crippen LogP contribution in [0.3, 0.4) is 0 Å². The van der Waals surface area contributed by atoms with E-state index < -0.39 is 12.7 Å². The van der Waals surface area contributed by atoms with Crippen LogP contribution in [0.1, 0.15) is 17.0 Å². The number of benzene rings is 2. The van der Waals surface area contributed by atoms with Crippen molar-refractivity contribution in [3.63, 3.8) is 0 Å². The zero-order valence-electron chi connectivity index (χ0n) is 17.3. The Morgan fingerprint density at radius 3 is 2.52 bits per heavy atom. The number of nitrogens with zero attached hydrogens (tertiary/aromatic N) is 2. The van der Waals surface area contributed by atoms with Crippen molar-refractivity contribution in [1.82, 2.24) is 10.1 Å². The summed E-state index contributed by atoms with van der Waals surface area (Å²) in [5.74, 6) is 0.607. The summed E-state index contributed by atoms with van der Waals surface area (Å²) in [6.45, 7) is 4.31. The molecular weight excluding hydrogens is 405 g/mol. The molecule has 2 aromatic heterocycles. The van der Waals surface area contributed by atoms with Crippen molar-refractivity contribution in [2.45, 2.75) is 26.9 Å². The average molecular weight is 426 g/mol. The summed E-state index contributed by atoms with van der Waals surface area (Å²) in [5.41, 5.74) is 11.9. The maximum atomic E-state index is 13.0. The van der Waals surface area contributed by atoms with E-state index in [4.69, 9.17) is 10.3 Å². The Morgan fingerprint density at radius 1 is 1.06 bits per heavy atom. The average Bonchev–Trinajstić information content (AvgIpc) is 3.04. The number of anilines is 2. The van der Waals surface area contributed by atoms with Gasteiger partial charge < -0.3 is 15.6 Å². The molecule has 4 rings (SSSR count). The summed E-state index contributed by atoms with van der Waals surface area (Å²) in [4.78, 5) is 4.39. The first-order valence-corrected chi connectivity index (χ1v) is 9.68. The highest BCUT2D eigenvalue weighted by Gasteiger charge is 2.28. The Bertz CT molecular complexity index is 1260. The van der Waals surface area contributed by atoms with Crippen LogP contribution in [0.15, 0.2) is 47.1 Å². The summed E-state index contributed by atoms with van der Waals surface area (Å²) in [6, 6.07) is 11.0. The van der Waals surface area contributed by atoms with E-state index in [1.54, 1.807) is 25.3 Å². The number of aryl methyl sites for hydroxylation is 3. The topological polar surface area (TPSA) is 77.0 Å². The minimum Gasteiger partial charge on any atom is -0.397 e. The number of nitrogens with one attached hydrogen (secondary N) is 1. The zero-order chi connectivity index (χ0) is 22.3. The summed E-state index contributed by atoms with van der Waals surface area (Å²) in [6.07, 6.45) is -2.71. The van der Waals surface area contributed by atoms with E-state index in [0.29, 0.717) is 17.0 Å². The second kappa shape index (κ2) is 7.61. The lowest BCUT2D eigenvalue weighted by atomic mass is 9.90. The van der Waals surface area contributed by atoms with E-state index in [9.17, 15) is 13.2 Å². The van der Waals surface area contributed by atoms with Gasteiger partial charge in [-0.3, -0.25) is 4.98 Å². The van der Waals surface area contributed by atoms with Gasteiger partial charge in [0.1, 0.15) is 12.3 Å². The highest BCUT2D eigenvalue weighted by molar-refractivity contribution is 6.03. The summed E-state index contributed by atoms with van der Waals surface area (Å²) < 4.78 is 44.3. The molecule has 2 heterocycles. The largest absolute Gasteiger partial charge is 0.405 e. The van der Waals surface area contributed by atoms with Gasteiger partial charge >= 0.3 is 6.18 Å². The molecule has 0 amide bonds. The lowest BCUT2D eigenvalue weighted by Gasteiger charge is -2.20. The van der Waals surface area contributed by atoms with Gasteiger partial charge in [0.2, 0.25) is 0 Å². The second-order valence-corrected chi connectivity index (χ2v) is 7.48. The van der Waals surface area contributed by atoms with Crippen LogP contribution in [0.2, 0.25) is 0 Å². The van der Waals surface area contributed by atoms with E-state index in [1.807, 2.05) is 38.1 Å². The summed E-state index contributed by atoms with van der Waals surface area (Å²) in [5, 5.41) is 7.32. The lowest BCUT2D eigenvalue weighted by molar-refractivity contribution is -0.115. The van der Waals surface area contributed by atoms with Crippen LogP contribution in [-0.4, -0.2) is 22.9 Å². The third kappa shape index (κ3) is 3.93. The fourth-order valence-corrected chi connectivity index (χ4v) is 3.91. The van der Waals surface area contributed by atoms with Gasteiger partial charge in [0.05, 0.1) is 22.6 Å². The predicted molar refractivity (Wildman–Crippen MR) is 116 cm³/mol. The Balaban J connectivity index is 2.02. The van der Waals surface area contributed by atoms with Gasteiger partial charge in [0.25, 0.3) is 0 Å². The molecule has 0 aliphatic heterocycles. The molecule has 4 aromatic rings. The molecule has 8 heteroatoms. The van der Waals surface area contributed by atoms with E-state index in [2.05, 4.69) is 15.5 Å². The Labute approximate surface area is 177 Å². The minimum absolute atomic E-state index is 0.206. The molecule has 0 aliphatic carbocycles.